The quantitative estimate of drug-likeness (QED) is 0.490. The monoisotopic (exact) mass is 352 g/mol. The summed E-state index contributed by atoms with van der Waals surface area (Å²) in [6, 6.07) is 12.6. The molecule has 2 N–H and O–H groups in total. The first-order chi connectivity index (χ1) is 13.3. The normalized spacial score (nSPS) is 14.1. The molecule has 2 aromatic carbocycles. The molecule has 4 heteroatoms. The van der Waals surface area contributed by atoms with Gasteiger partial charge in [-0.25, -0.2) is 4.98 Å². The third-order valence-corrected chi connectivity index (χ3v) is 5.43. The standard InChI is InChI=1S/C23H20N4/c24-12-4-6-15-5-3-7-16(13-15)23-18-9-2-1-8-17(18)22-19-14-25-27-20(19)10-11-21(22)26-23/h3-7,10-14,24H,1-2,8-9H2,(H,25,27)/b6-4-,24-12?. The zero-order chi connectivity index (χ0) is 18.2. The van der Waals surface area contributed by atoms with Crippen LogP contribution in [0.2, 0.25) is 0 Å². The van der Waals surface area contributed by atoms with Crippen LogP contribution in [-0.2, 0) is 12.8 Å². The van der Waals surface area contributed by atoms with Crippen LogP contribution in [0.3, 0.4) is 0 Å². The molecule has 0 fully saturated rings. The molecule has 27 heavy (non-hydrogen) atoms. The van der Waals surface area contributed by atoms with Crippen LogP contribution in [0.5, 0.6) is 0 Å². The van der Waals surface area contributed by atoms with E-state index >= 15 is 0 Å². The first-order valence-electron chi connectivity index (χ1n) is 9.40. The van der Waals surface area contributed by atoms with Gasteiger partial charge in [-0.2, -0.15) is 5.10 Å². The highest BCUT2D eigenvalue weighted by Gasteiger charge is 2.21. The Bertz CT molecular complexity index is 1200. The Morgan fingerprint density at radius 3 is 2.81 bits per heavy atom. The Balaban J connectivity index is 1.79. The Morgan fingerprint density at radius 1 is 1.04 bits per heavy atom. The highest BCUT2D eigenvalue weighted by molar-refractivity contribution is 6.07. The maximum absolute atomic E-state index is 7.21. The second kappa shape index (κ2) is 6.47. The number of nitrogens with one attached hydrogen (secondary N) is 2. The molecule has 0 aliphatic heterocycles. The number of hydrogen-bond donors (Lipinski definition) is 2. The summed E-state index contributed by atoms with van der Waals surface area (Å²) in [5.41, 5.74) is 8.28. The van der Waals surface area contributed by atoms with E-state index in [2.05, 4.69) is 46.6 Å². The van der Waals surface area contributed by atoms with Crippen LogP contribution < -0.4 is 0 Å². The van der Waals surface area contributed by atoms with Crippen molar-refractivity contribution < 1.29 is 0 Å². The molecule has 0 amide bonds. The van der Waals surface area contributed by atoms with Gasteiger partial charge in [-0.15, -0.1) is 0 Å². The molecule has 2 aromatic heterocycles. The number of aromatic amines is 1. The molecule has 4 nitrogen and oxygen atoms in total. The minimum atomic E-state index is 1.04. The first-order valence-corrected chi connectivity index (χ1v) is 9.40. The Morgan fingerprint density at radius 2 is 1.93 bits per heavy atom. The van der Waals surface area contributed by atoms with Gasteiger partial charge in [0, 0.05) is 22.6 Å². The number of hydrogen-bond acceptors (Lipinski definition) is 3. The van der Waals surface area contributed by atoms with Crippen LogP contribution >= 0.6 is 0 Å². The van der Waals surface area contributed by atoms with Gasteiger partial charge in [0.25, 0.3) is 0 Å². The molecule has 0 saturated heterocycles. The number of allylic oxidation sites excluding steroid dienone is 1. The molecule has 4 aromatic rings. The predicted molar refractivity (Wildman–Crippen MR) is 111 cm³/mol. The van der Waals surface area contributed by atoms with Crippen molar-refractivity contribution >= 4 is 34.1 Å². The van der Waals surface area contributed by atoms with Gasteiger partial charge < -0.3 is 5.41 Å². The van der Waals surface area contributed by atoms with E-state index in [9.17, 15) is 0 Å². The Kier molecular flexibility index (Phi) is 3.82. The zero-order valence-corrected chi connectivity index (χ0v) is 15.0. The Labute approximate surface area is 157 Å². The first kappa shape index (κ1) is 15.9. The van der Waals surface area contributed by atoms with Gasteiger partial charge in [-0.05, 0) is 66.6 Å². The van der Waals surface area contributed by atoms with Gasteiger partial charge in [0.05, 0.1) is 22.9 Å². The lowest BCUT2D eigenvalue weighted by molar-refractivity contribution is 0.689. The van der Waals surface area contributed by atoms with Crippen LogP contribution in [0.25, 0.3) is 39.1 Å². The van der Waals surface area contributed by atoms with Gasteiger partial charge >= 0.3 is 0 Å². The molecule has 0 unspecified atom stereocenters. The van der Waals surface area contributed by atoms with E-state index in [1.807, 2.05) is 12.3 Å². The van der Waals surface area contributed by atoms with E-state index in [1.165, 1.54) is 41.0 Å². The average Bonchev–Trinajstić information content (AvgIpc) is 3.20. The lowest BCUT2D eigenvalue weighted by atomic mass is 9.85. The number of nitrogens with zero attached hydrogens (tertiary/aromatic N) is 2. The van der Waals surface area contributed by atoms with Crippen molar-refractivity contribution in [2.45, 2.75) is 25.7 Å². The molecular weight excluding hydrogens is 332 g/mol. The minimum absolute atomic E-state index is 1.04. The predicted octanol–water partition coefficient (Wildman–Crippen LogP) is 5.32. The number of aryl methyl sites for hydroxylation is 1. The highest BCUT2D eigenvalue weighted by atomic mass is 15.1. The van der Waals surface area contributed by atoms with Gasteiger partial charge in [0.15, 0.2) is 0 Å². The molecular formula is C23H20N4. The fourth-order valence-electron chi connectivity index (χ4n) is 4.23. The summed E-state index contributed by atoms with van der Waals surface area (Å²) >= 11 is 0. The van der Waals surface area contributed by atoms with E-state index < -0.39 is 0 Å². The highest BCUT2D eigenvalue weighted by Crippen LogP contribution is 2.37. The number of fused-ring (bicyclic) bond motifs is 5. The molecule has 0 bridgehead atoms. The molecule has 2 heterocycles. The smallest absolute Gasteiger partial charge is 0.0744 e. The van der Waals surface area contributed by atoms with Crippen molar-refractivity contribution in [3.8, 4) is 11.3 Å². The van der Waals surface area contributed by atoms with Crippen LogP contribution in [0.4, 0.5) is 0 Å². The molecule has 1 aliphatic carbocycles. The maximum Gasteiger partial charge on any atom is 0.0744 e. The number of H-pyrrole nitrogens is 1. The number of aromatic nitrogens is 3. The summed E-state index contributed by atoms with van der Waals surface area (Å²) in [6.07, 6.45) is 11.5. The van der Waals surface area contributed by atoms with E-state index in [1.54, 1.807) is 6.08 Å². The second-order valence-corrected chi connectivity index (χ2v) is 7.07. The number of benzene rings is 2. The lowest BCUT2D eigenvalue weighted by Gasteiger charge is -2.22. The number of pyridine rings is 1. The zero-order valence-electron chi connectivity index (χ0n) is 15.0. The van der Waals surface area contributed by atoms with Crippen LogP contribution in [0, 0.1) is 5.41 Å². The molecule has 0 saturated carbocycles. The Hall–Kier alpha value is -3.27. The van der Waals surface area contributed by atoms with E-state index in [4.69, 9.17) is 10.4 Å². The van der Waals surface area contributed by atoms with E-state index in [0.29, 0.717) is 0 Å². The summed E-state index contributed by atoms with van der Waals surface area (Å²) < 4.78 is 0. The third kappa shape index (κ3) is 2.65. The van der Waals surface area contributed by atoms with Crippen molar-refractivity contribution in [1.82, 2.24) is 15.2 Å². The SMILES string of the molecule is N=C/C=C\c1cccc(-c2nc3ccc4[nH]ncc4c3c3c2CCCC3)c1. The van der Waals surface area contributed by atoms with Crippen LogP contribution in [0.15, 0.2) is 48.7 Å². The van der Waals surface area contributed by atoms with Crippen molar-refractivity contribution in [1.29, 1.82) is 5.41 Å². The van der Waals surface area contributed by atoms with Crippen molar-refractivity contribution in [2.75, 3.05) is 0 Å². The van der Waals surface area contributed by atoms with Crippen molar-refractivity contribution in [3.05, 3.63) is 65.4 Å². The summed E-state index contributed by atoms with van der Waals surface area (Å²) in [4.78, 5) is 5.10. The van der Waals surface area contributed by atoms with Crippen LogP contribution in [0.1, 0.15) is 29.5 Å². The minimum Gasteiger partial charge on any atom is -0.309 e. The van der Waals surface area contributed by atoms with Crippen molar-refractivity contribution in [2.24, 2.45) is 0 Å². The summed E-state index contributed by atoms with van der Waals surface area (Å²) in [5.74, 6) is 0. The summed E-state index contributed by atoms with van der Waals surface area (Å²) in [7, 11) is 0. The van der Waals surface area contributed by atoms with Gasteiger partial charge in [-0.3, -0.25) is 5.10 Å². The average molecular weight is 352 g/mol. The van der Waals surface area contributed by atoms with Gasteiger partial charge in [0.2, 0.25) is 0 Å². The molecule has 0 radical (unpaired) electrons. The van der Waals surface area contributed by atoms with Gasteiger partial charge in [-0.1, -0.05) is 24.3 Å². The molecule has 132 valence electrons. The maximum atomic E-state index is 7.21. The third-order valence-electron chi connectivity index (χ3n) is 5.43. The van der Waals surface area contributed by atoms with E-state index in [-0.39, 0.29) is 0 Å². The summed E-state index contributed by atoms with van der Waals surface area (Å²) in [6.45, 7) is 0. The van der Waals surface area contributed by atoms with Crippen molar-refractivity contribution in [3.63, 3.8) is 0 Å². The fourth-order valence-corrected chi connectivity index (χ4v) is 4.23. The van der Waals surface area contributed by atoms with Gasteiger partial charge in [0.1, 0.15) is 0 Å². The molecule has 1 aliphatic rings. The molecule has 0 spiro atoms. The molecule has 5 rings (SSSR count). The molecule has 0 atom stereocenters. The topological polar surface area (TPSA) is 65.4 Å². The fraction of sp³-hybridized carbons (Fsp3) is 0.174. The summed E-state index contributed by atoms with van der Waals surface area (Å²) in [5, 5.41) is 17.0. The number of rotatable bonds is 3. The lowest BCUT2D eigenvalue weighted by Crippen LogP contribution is -2.08. The second-order valence-electron chi connectivity index (χ2n) is 7.07. The largest absolute Gasteiger partial charge is 0.309 e. The van der Waals surface area contributed by atoms with E-state index in [0.717, 1.165) is 40.7 Å². The van der Waals surface area contributed by atoms with Crippen LogP contribution in [-0.4, -0.2) is 21.4 Å².